The molecule has 1 atom stereocenters. The summed E-state index contributed by atoms with van der Waals surface area (Å²) in [6, 6.07) is 0. The Kier molecular flexibility index (Phi) is 3.62. The van der Waals surface area contributed by atoms with Gasteiger partial charge in [-0.3, -0.25) is 14.4 Å². The maximum absolute atomic E-state index is 11.3. The van der Waals surface area contributed by atoms with E-state index in [-0.39, 0.29) is 36.5 Å². The van der Waals surface area contributed by atoms with Crippen molar-refractivity contribution >= 4 is 17.6 Å². The lowest BCUT2D eigenvalue weighted by molar-refractivity contribution is -0.127. The van der Waals surface area contributed by atoms with Crippen LogP contribution in [-0.4, -0.2) is 30.7 Å². The van der Waals surface area contributed by atoms with Gasteiger partial charge in [-0.25, -0.2) is 0 Å². The van der Waals surface area contributed by atoms with Gasteiger partial charge in [0.15, 0.2) is 5.78 Å². The van der Waals surface area contributed by atoms with Crippen LogP contribution in [0.4, 0.5) is 0 Å². The highest BCUT2D eigenvalue weighted by Crippen LogP contribution is 2.13. The molecule has 0 spiro atoms. The fourth-order valence-corrected chi connectivity index (χ4v) is 1.41. The Hall–Kier alpha value is -1.39. The van der Waals surface area contributed by atoms with Gasteiger partial charge in [0.05, 0.1) is 6.54 Å². The summed E-state index contributed by atoms with van der Waals surface area (Å²) in [5, 5.41) is 5.08. The molecule has 5 nitrogen and oxygen atoms in total. The highest BCUT2D eigenvalue weighted by atomic mass is 16.2. The number of carbonyl (C=O) groups excluding carboxylic acids is 3. The molecule has 2 amide bonds. The van der Waals surface area contributed by atoms with E-state index in [1.54, 1.807) is 0 Å². The predicted octanol–water partition coefficient (Wildman–Crippen LogP) is -0.782. The molecule has 0 radical (unpaired) electrons. The van der Waals surface area contributed by atoms with E-state index in [9.17, 15) is 14.4 Å². The van der Waals surface area contributed by atoms with E-state index >= 15 is 0 Å². The van der Waals surface area contributed by atoms with Crippen molar-refractivity contribution in [3.05, 3.63) is 0 Å². The molecule has 0 aromatic carbocycles. The van der Waals surface area contributed by atoms with Gasteiger partial charge >= 0.3 is 0 Å². The molecule has 1 aliphatic rings. The lowest BCUT2D eigenvalue weighted by Crippen LogP contribution is -2.29. The third-order valence-electron chi connectivity index (χ3n) is 2.17. The quantitative estimate of drug-likeness (QED) is 0.622. The molecule has 1 heterocycles. The zero-order valence-corrected chi connectivity index (χ0v) is 8.13. The first kappa shape index (κ1) is 10.7. The molecule has 2 N–H and O–H groups in total. The normalized spacial score (nSPS) is 20.4. The van der Waals surface area contributed by atoms with Gasteiger partial charge in [0.25, 0.3) is 0 Å². The van der Waals surface area contributed by atoms with Crippen molar-refractivity contribution < 1.29 is 14.4 Å². The number of Topliss-reactive ketones (excluding diaryl/α,β-unsaturated/α-hetero) is 1. The number of nitrogens with one attached hydrogen (secondary N) is 2. The fourth-order valence-electron chi connectivity index (χ4n) is 1.41. The van der Waals surface area contributed by atoms with E-state index in [1.807, 2.05) is 0 Å². The average molecular weight is 198 g/mol. The topological polar surface area (TPSA) is 75.3 Å². The Balaban J connectivity index is 2.26. The minimum Gasteiger partial charge on any atom is -0.356 e. The van der Waals surface area contributed by atoms with Gasteiger partial charge in [-0.05, 0) is 6.42 Å². The number of amides is 2. The number of hydrogen-bond acceptors (Lipinski definition) is 3. The van der Waals surface area contributed by atoms with E-state index in [2.05, 4.69) is 10.6 Å². The van der Waals surface area contributed by atoms with E-state index in [0.717, 1.165) is 0 Å². The minimum absolute atomic E-state index is 0.0269. The number of rotatable bonds is 4. The molecular formula is C9H14N2O3. The summed E-state index contributed by atoms with van der Waals surface area (Å²) in [7, 11) is 0. The van der Waals surface area contributed by atoms with E-state index < -0.39 is 0 Å². The largest absolute Gasteiger partial charge is 0.356 e. The van der Waals surface area contributed by atoms with Crippen LogP contribution < -0.4 is 10.6 Å². The van der Waals surface area contributed by atoms with E-state index in [0.29, 0.717) is 13.0 Å². The highest BCUT2D eigenvalue weighted by molar-refractivity contribution is 5.90. The highest BCUT2D eigenvalue weighted by Gasteiger charge is 2.26. The standard InChI is InChI=1S/C9H14N2O3/c1-6(12)11-5-8(13)4-7-2-3-10-9(7)14/h7H,2-5H2,1H3,(H,10,14)(H,11,12). The molecule has 0 aromatic heterocycles. The zero-order chi connectivity index (χ0) is 10.6. The lowest BCUT2D eigenvalue weighted by atomic mass is 10.0. The van der Waals surface area contributed by atoms with Gasteiger partial charge in [0, 0.05) is 25.8 Å². The van der Waals surface area contributed by atoms with Crippen LogP contribution >= 0.6 is 0 Å². The molecular weight excluding hydrogens is 184 g/mol. The van der Waals surface area contributed by atoms with Crippen molar-refractivity contribution in [2.24, 2.45) is 5.92 Å². The van der Waals surface area contributed by atoms with Crippen LogP contribution in [-0.2, 0) is 14.4 Å². The zero-order valence-electron chi connectivity index (χ0n) is 8.13. The summed E-state index contributed by atoms with van der Waals surface area (Å²) in [6.45, 7) is 2.03. The summed E-state index contributed by atoms with van der Waals surface area (Å²) < 4.78 is 0. The number of ketones is 1. The van der Waals surface area contributed by atoms with Crippen LogP contribution in [0.2, 0.25) is 0 Å². The summed E-state index contributed by atoms with van der Waals surface area (Å²) in [5.41, 5.74) is 0. The molecule has 5 heteroatoms. The maximum Gasteiger partial charge on any atom is 0.223 e. The Labute approximate surface area is 82.2 Å². The Bertz CT molecular complexity index is 263. The third-order valence-corrected chi connectivity index (χ3v) is 2.17. The molecule has 0 bridgehead atoms. The summed E-state index contributed by atoms with van der Waals surface area (Å²) in [4.78, 5) is 32.9. The van der Waals surface area contributed by atoms with Crippen LogP contribution in [0.5, 0.6) is 0 Å². The van der Waals surface area contributed by atoms with Gasteiger partial charge in [0.2, 0.25) is 11.8 Å². The molecule has 78 valence electrons. The molecule has 14 heavy (non-hydrogen) atoms. The second-order valence-electron chi connectivity index (χ2n) is 3.43. The first-order valence-electron chi connectivity index (χ1n) is 4.63. The second kappa shape index (κ2) is 4.74. The van der Waals surface area contributed by atoms with Crippen LogP contribution in [0.3, 0.4) is 0 Å². The Morgan fingerprint density at radius 3 is 2.79 bits per heavy atom. The molecule has 1 fully saturated rings. The van der Waals surface area contributed by atoms with E-state index in [4.69, 9.17) is 0 Å². The number of hydrogen-bond donors (Lipinski definition) is 2. The van der Waals surface area contributed by atoms with Crippen molar-refractivity contribution in [2.75, 3.05) is 13.1 Å². The first-order valence-corrected chi connectivity index (χ1v) is 4.63. The molecule has 1 aliphatic heterocycles. The van der Waals surface area contributed by atoms with Gasteiger partial charge < -0.3 is 10.6 Å². The van der Waals surface area contributed by atoms with Crippen LogP contribution in [0.15, 0.2) is 0 Å². The molecule has 0 aromatic rings. The van der Waals surface area contributed by atoms with Crippen LogP contribution in [0, 0.1) is 5.92 Å². The van der Waals surface area contributed by atoms with E-state index in [1.165, 1.54) is 6.92 Å². The molecule has 1 unspecified atom stereocenters. The molecule has 1 rings (SSSR count). The Morgan fingerprint density at radius 2 is 2.29 bits per heavy atom. The molecule has 0 aliphatic carbocycles. The van der Waals surface area contributed by atoms with Crippen molar-refractivity contribution in [1.29, 1.82) is 0 Å². The van der Waals surface area contributed by atoms with Gasteiger partial charge in [-0.1, -0.05) is 0 Å². The van der Waals surface area contributed by atoms with Crippen molar-refractivity contribution in [1.82, 2.24) is 10.6 Å². The average Bonchev–Trinajstić information content (AvgIpc) is 2.49. The maximum atomic E-state index is 11.3. The summed E-state index contributed by atoms with van der Waals surface area (Å²) >= 11 is 0. The predicted molar refractivity (Wildman–Crippen MR) is 49.4 cm³/mol. The fraction of sp³-hybridized carbons (Fsp3) is 0.667. The van der Waals surface area contributed by atoms with Gasteiger partial charge in [-0.15, -0.1) is 0 Å². The minimum atomic E-state index is -0.228. The monoisotopic (exact) mass is 198 g/mol. The second-order valence-corrected chi connectivity index (χ2v) is 3.43. The van der Waals surface area contributed by atoms with Crippen LogP contribution in [0.25, 0.3) is 0 Å². The first-order chi connectivity index (χ1) is 6.59. The van der Waals surface area contributed by atoms with Gasteiger partial charge in [0.1, 0.15) is 0 Å². The van der Waals surface area contributed by atoms with Crippen molar-refractivity contribution in [3.63, 3.8) is 0 Å². The van der Waals surface area contributed by atoms with Crippen molar-refractivity contribution in [2.45, 2.75) is 19.8 Å². The van der Waals surface area contributed by atoms with Gasteiger partial charge in [-0.2, -0.15) is 0 Å². The summed E-state index contributed by atoms with van der Waals surface area (Å²) in [5.74, 6) is -0.575. The molecule has 0 saturated carbocycles. The number of carbonyl (C=O) groups is 3. The summed E-state index contributed by atoms with van der Waals surface area (Å²) in [6.07, 6.45) is 0.941. The lowest BCUT2D eigenvalue weighted by Gasteiger charge is -2.05. The smallest absolute Gasteiger partial charge is 0.223 e. The molecule has 1 saturated heterocycles. The van der Waals surface area contributed by atoms with Crippen LogP contribution in [0.1, 0.15) is 19.8 Å². The SMILES string of the molecule is CC(=O)NCC(=O)CC1CCNC1=O. The third kappa shape index (κ3) is 3.16. The van der Waals surface area contributed by atoms with Crippen molar-refractivity contribution in [3.8, 4) is 0 Å². The Morgan fingerprint density at radius 1 is 1.57 bits per heavy atom.